The van der Waals surface area contributed by atoms with Gasteiger partial charge in [-0.05, 0) is 49.9 Å². The van der Waals surface area contributed by atoms with E-state index in [-0.39, 0.29) is 12.1 Å². The van der Waals surface area contributed by atoms with Crippen LogP contribution in [0.3, 0.4) is 0 Å². The molecule has 4 aliphatic rings. The highest BCUT2D eigenvalue weighted by Crippen LogP contribution is 2.33. The van der Waals surface area contributed by atoms with Gasteiger partial charge >= 0.3 is 0 Å². The average molecular weight is 463 g/mol. The second kappa shape index (κ2) is 9.80. The lowest BCUT2D eigenvalue weighted by Crippen LogP contribution is -2.51. The first-order chi connectivity index (χ1) is 16.5. The highest BCUT2D eigenvalue weighted by atomic mass is 16.2. The number of hydrogen-bond acceptors (Lipinski definition) is 6. The summed E-state index contributed by atoms with van der Waals surface area (Å²) in [4.78, 5) is 36.5. The van der Waals surface area contributed by atoms with Crippen LogP contribution in [0, 0.1) is 13.8 Å². The molecule has 6 heterocycles. The summed E-state index contributed by atoms with van der Waals surface area (Å²) in [6.07, 6.45) is 6.95. The predicted molar refractivity (Wildman–Crippen MR) is 129 cm³/mol. The smallest absolute Gasteiger partial charge is 0.223 e. The number of aryl methyl sites for hydroxylation is 2. The van der Waals surface area contributed by atoms with E-state index in [4.69, 9.17) is 0 Å². The molecule has 2 aromatic rings. The van der Waals surface area contributed by atoms with Crippen molar-refractivity contribution in [3.8, 4) is 0 Å². The van der Waals surface area contributed by atoms with Gasteiger partial charge in [0.1, 0.15) is 0 Å². The molecule has 4 fully saturated rings. The van der Waals surface area contributed by atoms with Gasteiger partial charge in [0.25, 0.3) is 0 Å². The lowest BCUT2D eigenvalue weighted by Gasteiger charge is -2.37. The van der Waals surface area contributed by atoms with Crippen LogP contribution < -0.4 is 10.6 Å². The van der Waals surface area contributed by atoms with Crippen LogP contribution in [-0.4, -0.2) is 69.8 Å². The van der Waals surface area contributed by atoms with Crippen LogP contribution in [0.1, 0.15) is 60.3 Å². The maximum Gasteiger partial charge on any atom is 0.223 e. The number of hydrogen-bond donors (Lipinski definition) is 2. The normalized spacial score (nSPS) is 28.3. The molecular formula is C26H34N6O2. The molecule has 0 aromatic carbocycles. The van der Waals surface area contributed by atoms with Crippen LogP contribution in [0.2, 0.25) is 0 Å². The molecule has 8 heteroatoms. The quantitative estimate of drug-likeness (QED) is 0.710. The van der Waals surface area contributed by atoms with Crippen LogP contribution in [0.25, 0.3) is 0 Å². The molecule has 0 bridgehead atoms. The maximum atomic E-state index is 11.7. The van der Waals surface area contributed by atoms with Crippen molar-refractivity contribution in [2.24, 2.45) is 0 Å². The fraction of sp³-hybridized carbons (Fsp3) is 0.538. The molecule has 4 saturated heterocycles. The Morgan fingerprint density at radius 3 is 1.62 bits per heavy atom. The van der Waals surface area contributed by atoms with Crippen molar-refractivity contribution in [2.75, 3.05) is 26.2 Å². The lowest BCUT2D eigenvalue weighted by atomic mass is 9.97. The average Bonchev–Trinajstić information content (AvgIpc) is 3.43. The molecule has 0 aliphatic carbocycles. The summed E-state index contributed by atoms with van der Waals surface area (Å²) in [5.41, 5.74) is 4.59. The maximum absolute atomic E-state index is 11.7. The molecule has 34 heavy (non-hydrogen) atoms. The van der Waals surface area contributed by atoms with E-state index in [1.165, 1.54) is 11.1 Å². The third kappa shape index (κ3) is 4.32. The van der Waals surface area contributed by atoms with E-state index < -0.39 is 0 Å². The van der Waals surface area contributed by atoms with Crippen molar-refractivity contribution in [3.05, 3.63) is 59.2 Å². The van der Waals surface area contributed by atoms with Gasteiger partial charge in [0.2, 0.25) is 11.8 Å². The summed E-state index contributed by atoms with van der Waals surface area (Å²) in [5.74, 6) is 0.602. The molecule has 0 unspecified atom stereocenters. The van der Waals surface area contributed by atoms with Gasteiger partial charge in [-0.2, -0.15) is 0 Å². The van der Waals surface area contributed by atoms with Crippen LogP contribution in [0.5, 0.6) is 0 Å². The highest BCUT2D eigenvalue weighted by molar-refractivity contribution is 5.79. The molecule has 0 radical (unpaired) electrons. The summed E-state index contributed by atoms with van der Waals surface area (Å²) in [5, 5.41) is 7.02. The second-order valence-corrected chi connectivity index (χ2v) is 9.66. The Kier molecular flexibility index (Phi) is 6.61. The zero-order chi connectivity index (χ0) is 23.7. The van der Waals surface area contributed by atoms with E-state index in [0.717, 1.165) is 50.4 Å². The fourth-order valence-electron chi connectivity index (χ4n) is 5.94. The SMILES string of the molecule is Cc1cccnc1[C@@H]1NCCN2C(=O)CC[C@@H]12.Cc1cccnc1[C@H]1NCCN2C(=O)CC[C@@H]12. The molecule has 2 N–H and O–H groups in total. The highest BCUT2D eigenvalue weighted by Gasteiger charge is 2.41. The molecule has 2 amide bonds. The van der Waals surface area contributed by atoms with Crippen molar-refractivity contribution < 1.29 is 9.59 Å². The van der Waals surface area contributed by atoms with Gasteiger partial charge in [0.05, 0.1) is 35.6 Å². The standard InChI is InChI=1S/2C13H17N3O/c2*1-9-3-2-6-14-12(9)13-10-4-5-11(17)16(10)8-7-15-13/h2*2-3,6,10,13,15H,4-5,7-8H2,1H3/t10-,13+;10-,13-/m00/s1. The minimum absolute atomic E-state index is 0.205. The topological polar surface area (TPSA) is 90.5 Å². The second-order valence-electron chi connectivity index (χ2n) is 9.66. The van der Waals surface area contributed by atoms with Crippen molar-refractivity contribution in [2.45, 2.75) is 63.7 Å². The summed E-state index contributed by atoms with van der Waals surface area (Å²) >= 11 is 0. The molecule has 6 rings (SSSR count). The number of pyridine rings is 2. The summed E-state index contributed by atoms with van der Waals surface area (Å²) in [6.45, 7) is 7.57. The summed E-state index contributed by atoms with van der Waals surface area (Å²) in [6, 6.07) is 9.08. The first kappa shape index (κ1) is 22.9. The minimum Gasteiger partial charge on any atom is -0.336 e. The van der Waals surface area contributed by atoms with E-state index in [1.807, 2.05) is 34.3 Å². The molecule has 180 valence electrons. The molecule has 0 saturated carbocycles. The van der Waals surface area contributed by atoms with Gasteiger partial charge in [0, 0.05) is 51.4 Å². The van der Waals surface area contributed by atoms with E-state index in [2.05, 4.69) is 46.6 Å². The Hall–Kier alpha value is -2.84. The minimum atomic E-state index is 0.205. The lowest BCUT2D eigenvalue weighted by molar-refractivity contribution is -0.131. The predicted octanol–water partition coefficient (Wildman–Crippen LogP) is 2.05. The summed E-state index contributed by atoms with van der Waals surface area (Å²) < 4.78 is 0. The Balaban J connectivity index is 0.000000142. The van der Waals surface area contributed by atoms with Gasteiger partial charge in [-0.25, -0.2) is 0 Å². The number of piperazine rings is 2. The van der Waals surface area contributed by atoms with E-state index in [0.29, 0.717) is 36.7 Å². The first-order valence-electron chi connectivity index (χ1n) is 12.4. The van der Waals surface area contributed by atoms with Crippen molar-refractivity contribution >= 4 is 11.8 Å². The van der Waals surface area contributed by atoms with Crippen LogP contribution in [-0.2, 0) is 9.59 Å². The largest absolute Gasteiger partial charge is 0.336 e. The first-order valence-corrected chi connectivity index (χ1v) is 12.4. The molecular weight excluding hydrogens is 428 g/mol. The number of amides is 2. The van der Waals surface area contributed by atoms with Gasteiger partial charge in [-0.3, -0.25) is 19.6 Å². The van der Waals surface area contributed by atoms with Crippen molar-refractivity contribution in [1.82, 2.24) is 30.4 Å². The monoisotopic (exact) mass is 462 g/mol. The zero-order valence-electron chi connectivity index (χ0n) is 20.0. The third-order valence-corrected chi connectivity index (χ3v) is 7.64. The van der Waals surface area contributed by atoms with E-state index >= 15 is 0 Å². The van der Waals surface area contributed by atoms with E-state index in [9.17, 15) is 9.59 Å². The number of aromatic nitrogens is 2. The number of rotatable bonds is 2. The van der Waals surface area contributed by atoms with Gasteiger partial charge < -0.3 is 20.4 Å². The van der Waals surface area contributed by atoms with Gasteiger partial charge in [-0.1, -0.05) is 12.1 Å². The number of nitrogens with zero attached hydrogens (tertiary/aromatic N) is 4. The fourth-order valence-corrected chi connectivity index (χ4v) is 5.94. The Bertz CT molecular complexity index is 976. The van der Waals surface area contributed by atoms with Gasteiger partial charge in [-0.15, -0.1) is 0 Å². The summed E-state index contributed by atoms with van der Waals surface area (Å²) in [7, 11) is 0. The molecule has 4 aliphatic heterocycles. The third-order valence-electron chi connectivity index (χ3n) is 7.64. The van der Waals surface area contributed by atoms with Crippen LogP contribution in [0.15, 0.2) is 36.7 Å². The van der Waals surface area contributed by atoms with Crippen LogP contribution in [0.4, 0.5) is 0 Å². The molecule has 8 nitrogen and oxygen atoms in total. The number of carbonyl (C=O) groups excluding carboxylic acids is 2. The molecule has 0 spiro atoms. The number of fused-ring (bicyclic) bond motifs is 2. The van der Waals surface area contributed by atoms with Crippen molar-refractivity contribution in [3.63, 3.8) is 0 Å². The Morgan fingerprint density at radius 2 is 1.21 bits per heavy atom. The molecule has 2 aromatic heterocycles. The molecule has 4 atom stereocenters. The van der Waals surface area contributed by atoms with E-state index in [1.54, 1.807) is 0 Å². The zero-order valence-corrected chi connectivity index (χ0v) is 20.0. The number of nitrogens with one attached hydrogen (secondary N) is 2. The van der Waals surface area contributed by atoms with Crippen molar-refractivity contribution in [1.29, 1.82) is 0 Å². The Morgan fingerprint density at radius 1 is 0.765 bits per heavy atom. The van der Waals surface area contributed by atoms with Crippen LogP contribution >= 0.6 is 0 Å². The number of carbonyl (C=O) groups is 2. The Labute approximate surface area is 201 Å². The van der Waals surface area contributed by atoms with Gasteiger partial charge in [0.15, 0.2) is 0 Å².